The summed E-state index contributed by atoms with van der Waals surface area (Å²) in [7, 11) is 0. The van der Waals surface area contributed by atoms with Gasteiger partial charge in [-0.3, -0.25) is 10.1 Å². The minimum Gasteiger partial charge on any atom is -0.298 e. The topological polar surface area (TPSA) is 67.8 Å². The van der Waals surface area contributed by atoms with E-state index in [4.69, 9.17) is 11.6 Å². The summed E-state index contributed by atoms with van der Waals surface area (Å²) in [6.45, 7) is 5.90. The van der Waals surface area contributed by atoms with E-state index in [9.17, 15) is 4.79 Å². The number of aryl methyl sites for hydroxylation is 1. The predicted molar refractivity (Wildman–Crippen MR) is 113 cm³/mol. The quantitative estimate of drug-likeness (QED) is 0.427. The summed E-state index contributed by atoms with van der Waals surface area (Å²) in [6, 6.07) is 7.49. The summed E-state index contributed by atoms with van der Waals surface area (Å²) in [6.07, 6.45) is 1.90. The fraction of sp³-hybridized carbons (Fsp3) is 0.263. The smallest absolute Gasteiger partial charge is 0.262 e. The van der Waals surface area contributed by atoms with Crippen LogP contribution in [0.2, 0.25) is 5.02 Å². The Balaban J connectivity index is 1.87. The number of thiazole rings is 1. The number of thioether (sulfide) groups is 1. The summed E-state index contributed by atoms with van der Waals surface area (Å²) in [5.41, 5.74) is 2.72. The third-order valence-electron chi connectivity index (χ3n) is 3.89. The van der Waals surface area contributed by atoms with Crippen LogP contribution in [-0.2, 0) is 0 Å². The zero-order valence-corrected chi connectivity index (χ0v) is 17.8. The molecule has 0 aliphatic rings. The van der Waals surface area contributed by atoms with Gasteiger partial charge >= 0.3 is 0 Å². The number of halogens is 1. The molecule has 0 unspecified atom stereocenters. The first-order valence-electron chi connectivity index (χ1n) is 8.35. The van der Waals surface area contributed by atoms with Crippen LogP contribution in [0, 0.1) is 6.92 Å². The highest BCUT2D eigenvalue weighted by molar-refractivity contribution is 7.98. The molecule has 0 aliphatic heterocycles. The van der Waals surface area contributed by atoms with Gasteiger partial charge in [-0.2, -0.15) is 0 Å². The number of amides is 1. The molecule has 0 saturated heterocycles. The van der Waals surface area contributed by atoms with E-state index in [1.165, 1.54) is 23.1 Å². The second kappa shape index (κ2) is 8.37. The number of hydrogen-bond acceptors (Lipinski definition) is 6. The van der Waals surface area contributed by atoms with Crippen LogP contribution in [0.4, 0.5) is 5.13 Å². The van der Waals surface area contributed by atoms with Crippen molar-refractivity contribution < 1.29 is 4.79 Å². The molecule has 3 rings (SSSR count). The van der Waals surface area contributed by atoms with Gasteiger partial charge in [0, 0.05) is 21.9 Å². The average molecular weight is 419 g/mol. The molecule has 1 N–H and O–H groups in total. The molecule has 1 aromatic carbocycles. The van der Waals surface area contributed by atoms with E-state index in [-0.39, 0.29) is 11.8 Å². The first-order valence-corrected chi connectivity index (χ1v) is 10.8. The van der Waals surface area contributed by atoms with Gasteiger partial charge in [-0.05, 0) is 19.2 Å². The molecule has 140 valence electrons. The number of rotatable bonds is 5. The predicted octanol–water partition coefficient (Wildman–Crippen LogP) is 5.66. The number of carbonyl (C=O) groups is 1. The lowest BCUT2D eigenvalue weighted by atomic mass is 10.1. The summed E-state index contributed by atoms with van der Waals surface area (Å²) in [5.74, 6) is 0.680. The Morgan fingerprint density at radius 1 is 1.22 bits per heavy atom. The summed E-state index contributed by atoms with van der Waals surface area (Å²) in [5, 5.41) is 6.54. The number of aromatic nitrogens is 3. The molecule has 5 nitrogen and oxygen atoms in total. The average Bonchev–Trinajstić information content (AvgIpc) is 3.09. The third-order valence-corrected chi connectivity index (χ3v) is 5.65. The lowest BCUT2D eigenvalue weighted by molar-refractivity contribution is 0.102. The van der Waals surface area contributed by atoms with Gasteiger partial charge in [0.1, 0.15) is 10.9 Å². The van der Waals surface area contributed by atoms with Crippen LogP contribution in [0.1, 0.15) is 41.6 Å². The molecule has 0 atom stereocenters. The van der Waals surface area contributed by atoms with Crippen molar-refractivity contribution in [1.82, 2.24) is 15.0 Å². The fourth-order valence-corrected chi connectivity index (χ4v) is 4.09. The number of nitrogens with one attached hydrogen (secondary N) is 1. The van der Waals surface area contributed by atoms with Gasteiger partial charge < -0.3 is 0 Å². The van der Waals surface area contributed by atoms with E-state index in [0.717, 1.165) is 17.1 Å². The highest BCUT2D eigenvalue weighted by Gasteiger charge is 2.20. The normalized spacial score (nSPS) is 11.0. The second-order valence-electron chi connectivity index (χ2n) is 6.18. The highest BCUT2D eigenvalue weighted by Crippen LogP contribution is 2.31. The Morgan fingerprint density at radius 3 is 2.63 bits per heavy atom. The summed E-state index contributed by atoms with van der Waals surface area (Å²) >= 11 is 9.02. The Labute approximate surface area is 171 Å². The van der Waals surface area contributed by atoms with Crippen LogP contribution < -0.4 is 5.32 Å². The fourth-order valence-electron chi connectivity index (χ4n) is 2.52. The van der Waals surface area contributed by atoms with Crippen molar-refractivity contribution in [3.05, 3.63) is 51.7 Å². The monoisotopic (exact) mass is 418 g/mol. The van der Waals surface area contributed by atoms with E-state index >= 15 is 0 Å². The van der Waals surface area contributed by atoms with Crippen molar-refractivity contribution in [3.63, 3.8) is 0 Å². The van der Waals surface area contributed by atoms with Crippen LogP contribution >= 0.6 is 34.7 Å². The van der Waals surface area contributed by atoms with Crippen molar-refractivity contribution in [3.8, 4) is 11.3 Å². The molecule has 0 spiro atoms. The standard InChI is InChI=1S/C19H19ClN4OS2/c1-10(2)16-21-11(3)15(18(23-16)26-4)17(25)24-19-22-14(9-27-19)12-7-5-6-8-13(12)20/h5-10H,1-4H3,(H,22,24,25). The van der Waals surface area contributed by atoms with E-state index in [0.29, 0.717) is 26.4 Å². The molecule has 0 radical (unpaired) electrons. The lowest BCUT2D eigenvalue weighted by Gasteiger charge is -2.12. The number of benzene rings is 1. The molecular formula is C19H19ClN4OS2. The molecule has 27 heavy (non-hydrogen) atoms. The zero-order valence-electron chi connectivity index (χ0n) is 15.4. The molecule has 0 fully saturated rings. The number of nitrogens with zero attached hydrogens (tertiary/aromatic N) is 3. The van der Waals surface area contributed by atoms with E-state index in [1.807, 2.05) is 56.7 Å². The van der Waals surface area contributed by atoms with Crippen molar-refractivity contribution in [2.45, 2.75) is 31.7 Å². The number of anilines is 1. The van der Waals surface area contributed by atoms with Gasteiger partial charge in [0.15, 0.2) is 5.13 Å². The maximum Gasteiger partial charge on any atom is 0.262 e. The SMILES string of the molecule is CSc1nc(C(C)C)nc(C)c1C(=O)Nc1nc(-c2ccccc2Cl)cs1. The van der Waals surface area contributed by atoms with Crippen molar-refractivity contribution in [2.24, 2.45) is 0 Å². The Bertz CT molecular complexity index is 988. The van der Waals surface area contributed by atoms with Gasteiger partial charge in [-0.1, -0.05) is 43.6 Å². The Hall–Kier alpha value is -1.96. The van der Waals surface area contributed by atoms with Gasteiger partial charge in [0.2, 0.25) is 0 Å². The Morgan fingerprint density at radius 2 is 1.96 bits per heavy atom. The van der Waals surface area contributed by atoms with Crippen LogP contribution in [0.25, 0.3) is 11.3 Å². The van der Waals surface area contributed by atoms with Gasteiger partial charge in [0.05, 0.1) is 17.0 Å². The van der Waals surface area contributed by atoms with Gasteiger partial charge in [0.25, 0.3) is 5.91 Å². The van der Waals surface area contributed by atoms with Crippen LogP contribution in [0.3, 0.4) is 0 Å². The molecule has 0 aliphatic carbocycles. The van der Waals surface area contributed by atoms with Crippen molar-refractivity contribution in [1.29, 1.82) is 0 Å². The largest absolute Gasteiger partial charge is 0.298 e. The second-order valence-corrected chi connectivity index (χ2v) is 8.24. The van der Waals surface area contributed by atoms with E-state index in [2.05, 4.69) is 20.3 Å². The minimum absolute atomic E-state index is 0.198. The molecular weight excluding hydrogens is 400 g/mol. The molecule has 3 aromatic rings. The molecule has 1 amide bonds. The molecule has 0 saturated carbocycles. The van der Waals surface area contributed by atoms with Crippen molar-refractivity contribution >= 4 is 45.7 Å². The maximum absolute atomic E-state index is 12.8. The first kappa shape index (κ1) is 19.8. The summed E-state index contributed by atoms with van der Waals surface area (Å²) in [4.78, 5) is 26.4. The number of hydrogen-bond donors (Lipinski definition) is 1. The molecule has 0 bridgehead atoms. The van der Waals surface area contributed by atoms with Crippen LogP contribution in [0.5, 0.6) is 0 Å². The van der Waals surface area contributed by atoms with E-state index < -0.39 is 0 Å². The van der Waals surface area contributed by atoms with Gasteiger partial charge in [-0.25, -0.2) is 15.0 Å². The molecule has 2 aromatic heterocycles. The van der Waals surface area contributed by atoms with Crippen LogP contribution in [-0.4, -0.2) is 27.1 Å². The minimum atomic E-state index is -0.257. The molecule has 8 heteroatoms. The van der Waals surface area contributed by atoms with Crippen molar-refractivity contribution in [2.75, 3.05) is 11.6 Å². The maximum atomic E-state index is 12.8. The lowest BCUT2D eigenvalue weighted by Crippen LogP contribution is -2.17. The number of carbonyl (C=O) groups excluding carboxylic acids is 1. The third kappa shape index (κ3) is 4.31. The van der Waals surface area contributed by atoms with Crippen LogP contribution in [0.15, 0.2) is 34.7 Å². The first-order chi connectivity index (χ1) is 12.9. The Kier molecular flexibility index (Phi) is 6.14. The van der Waals surface area contributed by atoms with E-state index in [1.54, 1.807) is 0 Å². The summed E-state index contributed by atoms with van der Waals surface area (Å²) < 4.78 is 0. The zero-order chi connectivity index (χ0) is 19.6. The highest BCUT2D eigenvalue weighted by atomic mass is 35.5. The van der Waals surface area contributed by atoms with Gasteiger partial charge in [-0.15, -0.1) is 23.1 Å². The molecule has 2 heterocycles.